The number of nitrogens with one attached hydrogen (secondary N) is 1. The van der Waals surface area contributed by atoms with Gasteiger partial charge in [0.2, 0.25) is 0 Å². The highest BCUT2D eigenvalue weighted by atomic mass is 16.5. The molecule has 0 bridgehead atoms. The fraction of sp³-hybridized carbons (Fsp3) is 1.00. The summed E-state index contributed by atoms with van der Waals surface area (Å²) >= 11 is 0. The summed E-state index contributed by atoms with van der Waals surface area (Å²) in [5, 5.41) is 3.45. The molecule has 3 heteroatoms. The van der Waals surface area contributed by atoms with Gasteiger partial charge in [0.25, 0.3) is 0 Å². The molecule has 2 unspecified atom stereocenters. The minimum Gasteiger partial charge on any atom is -0.384 e. The summed E-state index contributed by atoms with van der Waals surface area (Å²) in [6.45, 7) is 7.06. The van der Waals surface area contributed by atoms with Crippen molar-refractivity contribution in [3.8, 4) is 0 Å². The Labute approximate surface area is 80.8 Å². The van der Waals surface area contributed by atoms with Crippen LogP contribution >= 0.6 is 0 Å². The predicted molar refractivity (Wildman–Crippen MR) is 52.8 cm³/mol. The average Bonchev–Trinajstić information content (AvgIpc) is 2.57. The molecule has 3 nitrogen and oxygen atoms in total. The highest BCUT2D eigenvalue weighted by molar-refractivity contribution is 4.67. The molecule has 0 spiro atoms. The van der Waals surface area contributed by atoms with E-state index in [0.29, 0.717) is 5.92 Å². The fourth-order valence-electron chi connectivity index (χ4n) is 1.62. The Morgan fingerprint density at radius 2 is 2.46 bits per heavy atom. The highest BCUT2D eigenvalue weighted by Gasteiger charge is 2.14. The van der Waals surface area contributed by atoms with Crippen LogP contribution in [0.2, 0.25) is 0 Å². The predicted octanol–water partition coefficient (Wildman–Crippen LogP) is 0.895. The molecule has 78 valence electrons. The standard InChI is InChI=1S/C10H21NO2/c1-9(7-12-2)5-11-6-10-3-4-13-8-10/h9-11H,3-8H2,1-2H3. The lowest BCUT2D eigenvalue weighted by Gasteiger charge is -2.13. The Kier molecular flexibility index (Phi) is 5.35. The van der Waals surface area contributed by atoms with Crippen molar-refractivity contribution in [3.63, 3.8) is 0 Å². The number of ether oxygens (including phenoxy) is 2. The molecule has 1 heterocycles. The summed E-state index contributed by atoms with van der Waals surface area (Å²) in [6, 6.07) is 0. The third-order valence-electron chi connectivity index (χ3n) is 2.40. The number of hydrogen-bond donors (Lipinski definition) is 1. The molecule has 1 fully saturated rings. The zero-order chi connectivity index (χ0) is 9.52. The number of rotatable bonds is 6. The Morgan fingerprint density at radius 3 is 3.08 bits per heavy atom. The molecule has 13 heavy (non-hydrogen) atoms. The second-order valence-electron chi connectivity index (χ2n) is 3.95. The number of methoxy groups -OCH3 is 1. The quantitative estimate of drug-likeness (QED) is 0.670. The Balaban J connectivity index is 1.93. The van der Waals surface area contributed by atoms with E-state index in [1.165, 1.54) is 6.42 Å². The Morgan fingerprint density at radius 1 is 1.62 bits per heavy atom. The zero-order valence-electron chi connectivity index (χ0n) is 8.71. The fourth-order valence-corrected chi connectivity index (χ4v) is 1.62. The van der Waals surface area contributed by atoms with Crippen LogP contribution in [-0.4, -0.2) is 40.0 Å². The zero-order valence-corrected chi connectivity index (χ0v) is 8.71. The van der Waals surface area contributed by atoms with E-state index >= 15 is 0 Å². The molecule has 0 aromatic carbocycles. The highest BCUT2D eigenvalue weighted by Crippen LogP contribution is 2.10. The molecule has 0 aromatic heterocycles. The molecule has 1 N–H and O–H groups in total. The molecule has 1 rings (SSSR count). The average molecular weight is 187 g/mol. The van der Waals surface area contributed by atoms with Gasteiger partial charge in [0, 0.05) is 26.9 Å². The van der Waals surface area contributed by atoms with Crippen molar-refractivity contribution >= 4 is 0 Å². The van der Waals surface area contributed by atoms with E-state index in [2.05, 4.69) is 12.2 Å². The molecule has 0 amide bonds. The minimum atomic E-state index is 0.604. The number of hydrogen-bond acceptors (Lipinski definition) is 3. The first-order chi connectivity index (χ1) is 6.33. The second kappa shape index (κ2) is 6.35. The summed E-state index contributed by atoms with van der Waals surface area (Å²) in [4.78, 5) is 0. The van der Waals surface area contributed by atoms with E-state index in [9.17, 15) is 0 Å². The van der Waals surface area contributed by atoms with Crippen LogP contribution in [0.25, 0.3) is 0 Å². The van der Waals surface area contributed by atoms with Crippen LogP contribution in [0.1, 0.15) is 13.3 Å². The Hall–Kier alpha value is -0.120. The maximum absolute atomic E-state index is 5.30. The van der Waals surface area contributed by atoms with Gasteiger partial charge in [-0.2, -0.15) is 0 Å². The minimum absolute atomic E-state index is 0.604. The van der Waals surface area contributed by atoms with Crippen LogP contribution in [0.15, 0.2) is 0 Å². The van der Waals surface area contributed by atoms with Crippen LogP contribution in [-0.2, 0) is 9.47 Å². The van der Waals surface area contributed by atoms with Crippen molar-refractivity contribution in [2.24, 2.45) is 11.8 Å². The van der Waals surface area contributed by atoms with Crippen molar-refractivity contribution in [2.45, 2.75) is 13.3 Å². The lowest BCUT2D eigenvalue weighted by Crippen LogP contribution is -2.29. The van der Waals surface area contributed by atoms with E-state index in [4.69, 9.17) is 9.47 Å². The van der Waals surface area contributed by atoms with Gasteiger partial charge in [0.1, 0.15) is 0 Å². The third-order valence-corrected chi connectivity index (χ3v) is 2.40. The molecule has 1 aliphatic heterocycles. The molecular weight excluding hydrogens is 166 g/mol. The van der Waals surface area contributed by atoms with Crippen molar-refractivity contribution < 1.29 is 9.47 Å². The molecule has 1 aliphatic rings. The van der Waals surface area contributed by atoms with Gasteiger partial charge in [0.05, 0.1) is 6.61 Å². The van der Waals surface area contributed by atoms with Gasteiger partial charge >= 0.3 is 0 Å². The van der Waals surface area contributed by atoms with E-state index in [1.807, 2.05) is 0 Å². The lowest BCUT2D eigenvalue weighted by molar-refractivity contribution is 0.156. The normalized spacial score (nSPS) is 24.9. The maximum atomic E-state index is 5.30. The first-order valence-electron chi connectivity index (χ1n) is 5.10. The van der Waals surface area contributed by atoms with Crippen molar-refractivity contribution in [2.75, 3.05) is 40.0 Å². The molecule has 2 atom stereocenters. The smallest absolute Gasteiger partial charge is 0.0507 e. The first-order valence-corrected chi connectivity index (χ1v) is 5.10. The van der Waals surface area contributed by atoms with Gasteiger partial charge in [-0.05, 0) is 24.8 Å². The van der Waals surface area contributed by atoms with Crippen LogP contribution in [0.3, 0.4) is 0 Å². The largest absolute Gasteiger partial charge is 0.384 e. The summed E-state index contributed by atoms with van der Waals surface area (Å²) in [7, 11) is 1.75. The summed E-state index contributed by atoms with van der Waals surface area (Å²) in [5.41, 5.74) is 0. The van der Waals surface area contributed by atoms with Gasteiger partial charge in [0.15, 0.2) is 0 Å². The summed E-state index contributed by atoms with van der Waals surface area (Å²) < 4.78 is 10.4. The third kappa shape index (κ3) is 4.60. The topological polar surface area (TPSA) is 30.5 Å². The molecule has 1 saturated heterocycles. The second-order valence-corrected chi connectivity index (χ2v) is 3.95. The van der Waals surface area contributed by atoms with Gasteiger partial charge in [-0.3, -0.25) is 0 Å². The molecule has 0 aromatic rings. The van der Waals surface area contributed by atoms with Gasteiger partial charge in [-0.15, -0.1) is 0 Å². The van der Waals surface area contributed by atoms with E-state index in [1.54, 1.807) is 7.11 Å². The van der Waals surface area contributed by atoms with Crippen molar-refractivity contribution in [1.29, 1.82) is 0 Å². The van der Waals surface area contributed by atoms with Crippen LogP contribution < -0.4 is 5.32 Å². The Bertz CT molecular complexity index is 124. The lowest BCUT2D eigenvalue weighted by atomic mass is 10.1. The van der Waals surface area contributed by atoms with Gasteiger partial charge in [-0.25, -0.2) is 0 Å². The van der Waals surface area contributed by atoms with E-state index in [-0.39, 0.29) is 0 Å². The van der Waals surface area contributed by atoms with Crippen LogP contribution in [0, 0.1) is 11.8 Å². The van der Waals surface area contributed by atoms with E-state index < -0.39 is 0 Å². The molecule has 0 saturated carbocycles. The van der Waals surface area contributed by atoms with E-state index in [0.717, 1.165) is 38.8 Å². The summed E-state index contributed by atoms with van der Waals surface area (Å²) in [6.07, 6.45) is 1.21. The molecular formula is C10H21NO2. The molecule has 0 radical (unpaired) electrons. The van der Waals surface area contributed by atoms with Gasteiger partial charge in [-0.1, -0.05) is 6.92 Å². The maximum Gasteiger partial charge on any atom is 0.0507 e. The monoisotopic (exact) mass is 187 g/mol. The molecule has 0 aliphatic carbocycles. The van der Waals surface area contributed by atoms with Crippen LogP contribution in [0.5, 0.6) is 0 Å². The summed E-state index contributed by atoms with van der Waals surface area (Å²) in [5.74, 6) is 1.34. The SMILES string of the molecule is COCC(C)CNCC1CCOC1. The first kappa shape index (κ1) is 11.0. The van der Waals surface area contributed by atoms with Gasteiger partial charge < -0.3 is 14.8 Å². The van der Waals surface area contributed by atoms with Crippen molar-refractivity contribution in [1.82, 2.24) is 5.32 Å². The van der Waals surface area contributed by atoms with Crippen LogP contribution in [0.4, 0.5) is 0 Å². The van der Waals surface area contributed by atoms with Crippen molar-refractivity contribution in [3.05, 3.63) is 0 Å².